The number of carboxylic acid groups (broad SMARTS) is 1. The van der Waals surface area contributed by atoms with E-state index in [0.717, 1.165) is 19.3 Å². The number of rotatable bonds is 14. The number of hydrogen-bond donors (Lipinski definition) is 0. The van der Waals surface area contributed by atoms with Gasteiger partial charge < -0.3 is 19.1 Å². The van der Waals surface area contributed by atoms with Crippen LogP contribution in [0.4, 0.5) is 0 Å². The Morgan fingerprint density at radius 1 is 1.04 bits per heavy atom. The first-order valence-corrected chi connectivity index (χ1v) is 9.09. The number of allylic oxidation sites excluding steroid dienone is 2. The Morgan fingerprint density at radius 3 is 2.21 bits per heavy atom. The number of nitrogens with zero attached hydrogens (tertiary/aromatic N) is 1. The van der Waals surface area contributed by atoms with Crippen LogP contribution < -0.4 is 5.11 Å². The minimum absolute atomic E-state index is 0.251. The van der Waals surface area contributed by atoms with Gasteiger partial charge in [-0.3, -0.25) is 4.79 Å². The molecule has 0 saturated carbocycles. The molecule has 0 aromatic rings. The van der Waals surface area contributed by atoms with Gasteiger partial charge in [0.05, 0.1) is 21.1 Å². The van der Waals surface area contributed by atoms with Crippen molar-refractivity contribution >= 4 is 11.9 Å². The van der Waals surface area contributed by atoms with Gasteiger partial charge in [-0.25, -0.2) is 0 Å². The van der Waals surface area contributed by atoms with E-state index in [-0.39, 0.29) is 12.4 Å². The molecule has 0 aromatic carbocycles. The van der Waals surface area contributed by atoms with E-state index in [1.807, 2.05) is 21.1 Å². The molecule has 0 spiro atoms. The van der Waals surface area contributed by atoms with Crippen LogP contribution in [-0.4, -0.2) is 50.2 Å². The van der Waals surface area contributed by atoms with E-state index in [2.05, 4.69) is 19.1 Å². The monoisotopic (exact) mass is 341 g/mol. The SMILES string of the molecule is CCCCCC/C=C\CCCC(=O)O[C@@H](CC(=O)[O-])C[N+](C)(C)C. The molecule has 24 heavy (non-hydrogen) atoms. The summed E-state index contributed by atoms with van der Waals surface area (Å²) in [6, 6.07) is 0. The van der Waals surface area contributed by atoms with Crippen molar-refractivity contribution in [3.8, 4) is 0 Å². The Balaban J connectivity index is 3.95. The van der Waals surface area contributed by atoms with Crippen molar-refractivity contribution in [2.45, 2.75) is 70.8 Å². The second-order valence-corrected chi connectivity index (χ2v) is 7.37. The van der Waals surface area contributed by atoms with E-state index >= 15 is 0 Å². The van der Waals surface area contributed by atoms with Crippen molar-refractivity contribution in [3.05, 3.63) is 12.2 Å². The van der Waals surface area contributed by atoms with Crippen LogP contribution in [0.1, 0.15) is 64.7 Å². The predicted molar refractivity (Wildman–Crippen MR) is 94.2 cm³/mol. The van der Waals surface area contributed by atoms with Gasteiger partial charge in [0.15, 0.2) is 6.10 Å². The molecule has 0 radical (unpaired) electrons. The molecule has 0 unspecified atom stereocenters. The molecule has 0 fully saturated rings. The molecule has 0 aliphatic heterocycles. The summed E-state index contributed by atoms with van der Waals surface area (Å²) in [7, 11) is 5.80. The highest BCUT2D eigenvalue weighted by Gasteiger charge is 2.22. The van der Waals surface area contributed by atoms with E-state index in [1.54, 1.807) is 0 Å². The number of carbonyl (C=O) groups is 2. The highest BCUT2D eigenvalue weighted by molar-refractivity contribution is 5.70. The Morgan fingerprint density at radius 2 is 1.67 bits per heavy atom. The second kappa shape index (κ2) is 13.0. The van der Waals surface area contributed by atoms with Crippen molar-refractivity contribution < 1.29 is 23.9 Å². The summed E-state index contributed by atoms with van der Waals surface area (Å²) >= 11 is 0. The fourth-order valence-corrected chi connectivity index (χ4v) is 2.47. The average molecular weight is 341 g/mol. The molecule has 0 aliphatic rings. The zero-order valence-electron chi connectivity index (χ0n) is 15.9. The van der Waals surface area contributed by atoms with Crippen LogP contribution in [0.5, 0.6) is 0 Å². The van der Waals surface area contributed by atoms with Gasteiger partial charge in [0.1, 0.15) is 6.54 Å². The van der Waals surface area contributed by atoms with E-state index < -0.39 is 12.1 Å². The summed E-state index contributed by atoms with van der Waals surface area (Å²) in [5.74, 6) is -1.52. The number of carboxylic acids is 1. The number of ether oxygens (including phenoxy) is 1. The van der Waals surface area contributed by atoms with Crippen molar-refractivity contribution in [2.75, 3.05) is 27.7 Å². The third-order valence-electron chi connectivity index (χ3n) is 3.59. The van der Waals surface area contributed by atoms with E-state index in [1.165, 1.54) is 25.7 Å². The standard InChI is InChI=1S/C19H35NO4/c1-5-6-7-8-9-10-11-12-13-14-19(23)24-17(15-18(21)22)16-20(2,3)4/h10-11,17H,5-9,12-16H2,1-4H3/b11-10-/t17-/m0/s1. The summed E-state index contributed by atoms with van der Waals surface area (Å²) in [5, 5.41) is 10.8. The van der Waals surface area contributed by atoms with Gasteiger partial charge in [-0.05, 0) is 25.7 Å². The van der Waals surface area contributed by atoms with Crippen LogP contribution in [0, 0.1) is 0 Å². The lowest BCUT2D eigenvalue weighted by atomic mass is 10.1. The number of carbonyl (C=O) groups excluding carboxylic acids is 2. The van der Waals surface area contributed by atoms with Crippen LogP contribution in [0.25, 0.3) is 0 Å². The number of hydrogen-bond acceptors (Lipinski definition) is 4. The topological polar surface area (TPSA) is 66.4 Å². The molecular formula is C19H35NO4. The molecular weight excluding hydrogens is 306 g/mol. The number of esters is 1. The lowest BCUT2D eigenvalue weighted by Crippen LogP contribution is -2.45. The van der Waals surface area contributed by atoms with Crippen molar-refractivity contribution in [3.63, 3.8) is 0 Å². The van der Waals surface area contributed by atoms with Crippen molar-refractivity contribution in [2.24, 2.45) is 0 Å². The summed E-state index contributed by atoms with van der Waals surface area (Å²) < 4.78 is 5.84. The molecule has 1 atom stereocenters. The van der Waals surface area contributed by atoms with Crippen molar-refractivity contribution in [1.82, 2.24) is 0 Å². The van der Waals surface area contributed by atoms with Gasteiger partial charge in [-0.2, -0.15) is 0 Å². The molecule has 0 aromatic heterocycles. The predicted octanol–water partition coefficient (Wildman–Crippen LogP) is 2.44. The number of quaternary nitrogens is 1. The largest absolute Gasteiger partial charge is 0.550 e. The van der Waals surface area contributed by atoms with Gasteiger partial charge in [0.25, 0.3) is 0 Å². The maximum absolute atomic E-state index is 11.9. The lowest BCUT2D eigenvalue weighted by molar-refractivity contribution is -0.873. The van der Waals surface area contributed by atoms with Crippen LogP contribution in [0.2, 0.25) is 0 Å². The zero-order valence-corrected chi connectivity index (χ0v) is 15.9. The molecule has 0 rings (SSSR count). The van der Waals surface area contributed by atoms with Gasteiger partial charge in [0.2, 0.25) is 0 Å². The molecule has 0 bridgehead atoms. The number of unbranched alkanes of at least 4 members (excludes halogenated alkanes) is 5. The Hall–Kier alpha value is -1.36. The number of aliphatic carboxylic acids is 1. The zero-order chi connectivity index (χ0) is 18.4. The van der Waals surface area contributed by atoms with Gasteiger partial charge in [-0.1, -0.05) is 38.3 Å². The molecule has 140 valence electrons. The van der Waals surface area contributed by atoms with Crippen LogP contribution in [0.15, 0.2) is 12.2 Å². The van der Waals surface area contributed by atoms with Gasteiger partial charge in [0, 0.05) is 18.8 Å². The first kappa shape index (κ1) is 22.6. The fraction of sp³-hybridized carbons (Fsp3) is 0.789. The molecule has 5 heteroatoms. The maximum Gasteiger partial charge on any atom is 0.306 e. The third kappa shape index (κ3) is 15.5. The summed E-state index contributed by atoms with van der Waals surface area (Å²) in [5.41, 5.74) is 0. The minimum Gasteiger partial charge on any atom is -0.550 e. The molecule has 0 amide bonds. The lowest BCUT2D eigenvalue weighted by Gasteiger charge is -2.29. The summed E-state index contributed by atoms with van der Waals surface area (Å²) in [4.78, 5) is 22.6. The van der Waals surface area contributed by atoms with Gasteiger partial charge in [-0.15, -0.1) is 0 Å². The van der Waals surface area contributed by atoms with E-state index in [9.17, 15) is 14.7 Å². The minimum atomic E-state index is -1.19. The van der Waals surface area contributed by atoms with Crippen molar-refractivity contribution in [1.29, 1.82) is 0 Å². The van der Waals surface area contributed by atoms with Crippen LogP contribution in [-0.2, 0) is 14.3 Å². The summed E-state index contributed by atoms with van der Waals surface area (Å²) in [6.07, 6.45) is 11.5. The quantitative estimate of drug-likeness (QED) is 0.211. The van der Waals surface area contributed by atoms with Crippen LogP contribution in [0.3, 0.4) is 0 Å². The average Bonchev–Trinajstić information content (AvgIpc) is 2.42. The summed E-state index contributed by atoms with van der Waals surface area (Å²) in [6.45, 7) is 2.66. The number of likely N-dealkylation sites (N-methyl/N-ethyl adjacent to an activating group) is 1. The van der Waals surface area contributed by atoms with E-state index in [4.69, 9.17) is 4.74 Å². The highest BCUT2D eigenvalue weighted by Crippen LogP contribution is 2.08. The van der Waals surface area contributed by atoms with Crippen LogP contribution >= 0.6 is 0 Å². The second-order valence-electron chi connectivity index (χ2n) is 7.37. The molecule has 0 saturated heterocycles. The Kier molecular flexibility index (Phi) is 12.3. The highest BCUT2D eigenvalue weighted by atomic mass is 16.5. The molecule has 0 N–H and O–H groups in total. The Labute approximate surface area is 147 Å². The first-order chi connectivity index (χ1) is 11.2. The normalized spacial score (nSPS) is 13.2. The van der Waals surface area contributed by atoms with Gasteiger partial charge >= 0.3 is 5.97 Å². The molecule has 0 heterocycles. The Bertz CT molecular complexity index is 385. The molecule has 0 aliphatic carbocycles. The smallest absolute Gasteiger partial charge is 0.306 e. The maximum atomic E-state index is 11.9. The fourth-order valence-electron chi connectivity index (χ4n) is 2.47. The molecule has 5 nitrogen and oxygen atoms in total. The van der Waals surface area contributed by atoms with E-state index in [0.29, 0.717) is 17.4 Å². The first-order valence-electron chi connectivity index (χ1n) is 9.09. The third-order valence-corrected chi connectivity index (χ3v) is 3.59.